The van der Waals surface area contributed by atoms with Crippen LogP contribution in [0.3, 0.4) is 0 Å². The van der Waals surface area contributed by atoms with Crippen molar-refractivity contribution in [3.05, 3.63) is 79.1 Å². The van der Waals surface area contributed by atoms with E-state index in [1.807, 2.05) is 58.1 Å². The molecule has 3 aromatic heterocycles. The van der Waals surface area contributed by atoms with Gasteiger partial charge < -0.3 is 9.64 Å². The van der Waals surface area contributed by atoms with Crippen LogP contribution in [0.25, 0.3) is 16.7 Å². The van der Waals surface area contributed by atoms with Crippen LogP contribution in [0, 0.1) is 0 Å². The average Bonchev–Trinajstić information content (AvgIpc) is 3.24. The third-order valence-corrected chi connectivity index (χ3v) is 5.62. The fourth-order valence-electron chi connectivity index (χ4n) is 3.99. The van der Waals surface area contributed by atoms with E-state index >= 15 is 0 Å². The fourth-order valence-corrected chi connectivity index (χ4v) is 3.99. The number of aromatic nitrogens is 4. The highest BCUT2D eigenvalue weighted by Gasteiger charge is 2.24. The molecule has 0 saturated carbocycles. The van der Waals surface area contributed by atoms with Crippen LogP contribution in [0.5, 0.6) is 5.75 Å². The summed E-state index contributed by atoms with van der Waals surface area (Å²) < 4.78 is 8.14. The number of carbonyl (C=O) groups is 1. The summed E-state index contributed by atoms with van der Waals surface area (Å²) in [7, 11) is 0. The molecule has 0 unspecified atom stereocenters. The molecule has 0 spiro atoms. The first-order valence-electron chi connectivity index (χ1n) is 10.5. The standard InChI is InChI=1S/C24H23N5O2/c30-23(12-18-4-2-1-3-5-18)28-9-7-21(8-10-28)31-22-13-19-6-11-29(24(19)27-16-22)20-14-25-17-26-15-20/h1-6,11,13-17,21H,7-10,12H2. The molecule has 0 bridgehead atoms. The Morgan fingerprint density at radius 3 is 2.58 bits per heavy atom. The summed E-state index contributed by atoms with van der Waals surface area (Å²) in [5, 5.41) is 0.997. The molecule has 0 aliphatic carbocycles. The second-order valence-electron chi connectivity index (χ2n) is 7.73. The van der Waals surface area contributed by atoms with Crippen molar-refractivity contribution in [3.63, 3.8) is 0 Å². The molecule has 1 aromatic carbocycles. The van der Waals surface area contributed by atoms with Crippen LogP contribution >= 0.6 is 0 Å². The van der Waals surface area contributed by atoms with E-state index in [1.54, 1.807) is 18.6 Å². The summed E-state index contributed by atoms with van der Waals surface area (Å²) >= 11 is 0. The Kier molecular flexibility index (Phi) is 5.31. The van der Waals surface area contributed by atoms with Gasteiger partial charge in [-0.15, -0.1) is 0 Å². The van der Waals surface area contributed by atoms with Crippen molar-refractivity contribution in [2.75, 3.05) is 13.1 Å². The molecule has 7 nitrogen and oxygen atoms in total. The van der Waals surface area contributed by atoms with Gasteiger partial charge in [0.2, 0.25) is 5.91 Å². The van der Waals surface area contributed by atoms with Gasteiger partial charge in [-0.2, -0.15) is 0 Å². The molecule has 0 radical (unpaired) electrons. The van der Waals surface area contributed by atoms with Gasteiger partial charge in [0.05, 0.1) is 30.7 Å². The van der Waals surface area contributed by atoms with Crippen molar-refractivity contribution in [1.82, 2.24) is 24.4 Å². The molecule has 4 heterocycles. The number of fused-ring (bicyclic) bond motifs is 1. The van der Waals surface area contributed by atoms with E-state index in [1.165, 1.54) is 6.33 Å². The molecule has 1 aliphatic heterocycles. The van der Waals surface area contributed by atoms with E-state index in [9.17, 15) is 4.79 Å². The number of amides is 1. The maximum atomic E-state index is 12.6. The highest BCUT2D eigenvalue weighted by atomic mass is 16.5. The van der Waals surface area contributed by atoms with Crippen LogP contribution in [0.15, 0.2) is 73.6 Å². The molecule has 5 rings (SSSR count). The number of ether oxygens (including phenoxy) is 1. The smallest absolute Gasteiger partial charge is 0.226 e. The molecular formula is C24H23N5O2. The van der Waals surface area contributed by atoms with Crippen molar-refractivity contribution >= 4 is 16.9 Å². The van der Waals surface area contributed by atoms with Crippen molar-refractivity contribution in [3.8, 4) is 11.4 Å². The van der Waals surface area contributed by atoms with Gasteiger partial charge in [0.1, 0.15) is 23.8 Å². The predicted molar refractivity (Wildman–Crippen MR) is 117 cm³/mol. The van der Waals surface area contributed by atoms with E-state index in [-0.39, 0.29) is 12.0 Å². The Morgan fingerprint density at radius 2 is 1.81 bits per heavy atom. The number of pyridine rings is 1. The fraction of sp³-hybridized carbons (Fsp3) is 0.250. The van der Waals surface area contributed by atoms with E-state index in [2.05, 4.69) is 15.0 Å². The average molecular weight is 413 g/mol. The minimum atomic E-state index is 0.0876. The van der Waals surface area contributed by atoms with Gasteiger partial charge in [0.15, 0.2) is 0 Å². The normalized spacial score (nSPS) is 14.6. The van der Waals surface area contributed by atoms with Crippen LogP contribution < -0.4 is 4.74 Å². The van der Waals surface area contributed by atoms with Crippen LogP contribution in [-0.4, -0.2) is 49.5 Å². The van der Waals surface area contributed by atoms with Gasteiger partial charge in [-0.3, -0.25) is 9.36 Å². The van der Waals surface area contributed by atoms with Crippen LogP contribution in [0.4, 0.5) is 0 Å². The van der Waals surface area contributed by atoms with Gasteiger partial charge >= 0.3 is 0 Å². The Labute approximate surface area is 180 Å². The number of piperidine rings is 1. The summed E-state index contributed by atoms with van der Waals surface area (Å²) in [6.07, 6.45) is 10.9. The van der Waals surface area contributed by atoms with Crippen molar-refractivity contribution < 1.29 is 9.53 Å². The number of rotatable bonds is 5. The SMILES string of the molecule is O=C(Cc1ccccc1)N1CCC(Oc2cnc3c(ccn3-c3cncnc3)c2)CC1. The summed E-state index contributed by atoms with van der Waals surface area (Å²) in [5.41, 5.74) is 2.76. The zero-order valence-electron chi connectivity index (χ0n) is 17.1. The Hall–Kier alpha value is -3.74. The number of benzene rings is 1. The number of carbonyl (C=O) groups excluding carboxylic acids is 1. The third kappa shape index (κ3) is 4.26. The van der Waals surface area contributed by atoms with Gasteiger partial charge in [-0.1, -0.05) is 30.3 Å². The molecule has 1 amide bonds. The second-order valence-corrected chi connectivity index (χ2v) is 7.73. The van der Waals surface area contributed by atoms with Crippen molar-refractivity contribution in [2.45, 2.75) is 25.4 Å². The predicted octanol–water partition coefficient (Wildman–Crippen LogP) is 3.43. The molecule has 0 atom stereocenters. The first-order chi connectivity index (χ1) is 15.3. The topological polar surface area (TPSA) is 73.1 Å². The lowest BCUT2D eigenvalue weighted by atomic mass is 10.1. The summed E-state index contributed by atoms with van der Waals surface area (Å²) in [4.78, 5) is 27.2. The molecule has 7 heteroatoms. The molecule has 156 valence electrons. The monoisotopic (exact) mass is 413 g/mol. The van der Waals surface area contributed by atoms with Gasteiger partial charge in [-0.25, -0.2) is 15.0 Å². The number of hydrogen-bond acceptors (Lipinski definition) is 5. The maximum absolute atomic E-state index is 12.6. The lowest BCUT2D eigenvalue weighted by Gasteiger charge is -2.32. The molecule has 4 aromatic rings. The molecule has 0 N–H and O–H groups in total. The number of likely N-dealkylation sites (tertiary alicyclic amines) is 1. The Bertz CT molecular complexity index is 1170. The molecule has 31 heavy (non-hydrogen) atoms. The lowest BCUT2D eigenvalue weighted by molar-refractivity contribution is -0.132. The maximum Gasteiger partial charge on any atom is 0.226 e. The second kappa shape index (κ2) is 8.55. The summed E-state index contributed by atoms with van der Waals surface area (Å²) in [6.45, 7) is 1.44. The van der Waals surface area contributed by atoms with Crippen molar-refractivity contribution in [2.24, 2.45) is 0 Å². The van der Waals surface area contributed by atoms with Gasteiger partial charge in [-0.05, 0) is 17.7 Å². The first kappa shape index (κ1) is 19.2. The van der Waals surface area contributed by atoms with E-state index in [4.69, 9.17) is 4.74 Å². The number of nitrogens with zero attached hydrogens (tertiary/aromatic N) is 5. The molecular weight excluding hydrogens is 390 g/mol. The van der Waals surface area contributed by atoms with E-state index < -0.39 is 0 Å². The summed E-state index contributed by atoms with van der Waals surface area (Å²) in [5.74, 6) is 0.933. The molecule has 1 fully saturated rings. The minimum Gasteiger partial charge on any atom is -0.489 e. The summed E-state index contributed by atoms with van der Waals surface area (Å²) in [6, 6.07) is 13.9. The zero-order valence-corrected chi connectivity index (χ0v) is 17.1. The van der Waals surface area contributed by atoms with Crippen LogP contribution in [0.1, 0.15) is 18.4 Å². The van der Waals surface area contributed by atoms with Crippen LogP contribution in [0.2, 0.25) is 0 Å². The van der Waals surface area contributed by atoms with Crippen LogP contribution in [-0.2, 0) is 11.2 Å². The number of hydrogen-bond donors (Lipinski definition) is 0. The quantitative estimate of drug-likeness (QED) is 0.501. The third-order valence-electron chi connectivity index (χ3n) is 5.62. The van der Waals surface area contributed by atoms with Crippen molar-refractivity contribution in [1.29, 1.82) is 0 Å². The largest absolute Gasteiger partial charge is 0.489 e. The Balaban J connectivity index is 1.20. The van der Waals surface area contributed by atoms with Gasteiger partial charge in [0.25, 0.3) is 0 Å². The lowest BCUT2D eigenvalue weighted by Crippen LogP contribution is -2.42. The zero-order chi connectivity index (χ0) is 21.0. The van der Waals surface area contributed by atoms with E-state index in [0.29, 0.717) is 6.42 Å². The van der Waals surface area contributed by atoms with Gasteiger partial charge in [0, 0.05) is 37.5 Å². The highest BCUT2D eigenvalue weighted by molar-refractivity contribution is 5.79. The molecule has 1 aliphatic rings. The minimum absolute atomic E-state index is 0.0876. The van der Waals surface area contributed by atoms with E-state index in [0.717, 1.165) is 54.0 Å². The highest BCUT2D eigenvalue weighted by Crippen LogP contribution is 2.24. The first-order valence-corrected chi connectivity index (χ1v) is 10.5. The Morgan fingerprint density at radius 1 is 1.03 bits per heavy atom. The molecule has 1 saturated heterocycles.